The van der Waals surface area contributed by atoms with Gasteiger partial charge in [0.2, 0.25) is 5.91 Å². The SMILES string of the molecule is C=CCn1c(SCC(=O)Nc2ccc(OC)cc2OC)nnc1-c1csc(C(C)C)c1. The molecule has 7 nitrogen and oxygen atoms in total. The summed E-state index contributed by atoms with van der Waals surface area (Å²) in [7, 11) is 3.13. The number of methoxy groups -OCH3 is 2. The Balaban J connectivity index is 1.72. The first kappa shape index (κ1) is 22.9. The number of hydrogen-bond acceptors (Lipinski definition) is 7. The maximum atomic E-state index is 12.5. The molecule has 1 amide bonds. The van der Waals surface area contributed by atoms with E-state index in [1.54, 1.807) is 49.8 Å². The number of hydrogen-bond donors (Lipinski definition) is 1. The molecule has 3 rings (SSSR count). The standard InChI is InChI=1S/C22H26N4O3S2/c1-6-9-26-21(15-10-19(14(2)3)30-12-15)24-25-22(26)31-13-20(27)23-17-8-7-16(28-4)11-18(17)29-5/h6-8,10-12,14H,1,9,13H2,2-5H3,(H,23,27). The van der Waals surface area contributed by atoms with Gasteiger partial charge < -0.3 is 14.8 Å². The number of rotatable bonds is 10. The average molecular weight is 459 g/mol. The Hall–Kier alpha value is -2.78. The predicted molar refractivity (Wildman–Crippen MR) is 127 cm³/mol. The van der Waals surface area contributed by atoms with Crippen molar-refractivity contribution in [1.82, 2.24) is 14.8 Å². The molecule has 0 fully saturated rings. The summed E-state index contributed by atoms with van der Waals surface area (Å²) in [5, 5.41) is 14.3. The number of thioether (sulfide) groups is 1. The minimum absolute atomic E-state index is 0.166. The van der Waals surface area contributed by atoms with E-state index in [1.165, 1.54) is 16.6 Å². The zero-order valence-electron chi connectivity index (χ0n) is 18.0. The van der Waals surface area contributed by atoms with Crippen molar-refractivity contribution in [3.05, 3.63) is 47.2 Å². The third-order valence-corrected chi connectivity index (χ3v) is 6.69. The Kier molecular flexibility index (Phi) is 7.75. The molecule has 0 bridgehead atoms. The van der Waals surface area contributed by atoms with E-state index < -0.39 is 0 Å². The van der Waals surface area contributed by atoms with Crippen LogP contribution in [0.15, 0.2) is 47.5 Å². The van der Waals surface area contributed by atoms with Gasteiger partial charge in [0.25, 0.3) is 0 Å². The normalized spacial score (nSPS) is 10.9. The van der Waals surface area contributed by atoms with Crippen molar-refractivity contribution in [2.75, 3.05) is 25.3 Å². The molecular weight excluding hydrogens is 432 g/mol. The minimum atomic E-state index is -0.166. The second-order valence-electron chi connectivity index (χ2n) is 7.00. The Morgan fingerprint density at radius 3 is 2.74 bits per heavy atom. The minimum Gasteiger partial charge on any atom is -0.497 e. The molecule has 0 radical (unpaired) electrons. The van der Waals surface area contributed by atoms with Crippen LogP contribution in [0.1, 0.15) is 24.6 Å². The van der Waals surface area contributed by atoms with Crippen LogP contribution in [-0.4, -0.2) is 40.6 Å². The van der Waals surface area contributed by atoms with Crippen molar-refractivity contribution in [2.24, 2.45) is 0 Å². The molecule has 3 aromatic rings. The van der Waals surface area contributed by atoms with E-state index in [0.717, 1.165) is 11.4 Å². The number of benzene rings is 1. The average Bonchev–Trinajstić information content (AvgIpc) is 3.40. The Morgan fingerprint density at radius 1 is 1.29 bits per heavy atom. The van der Waals surface area contributed by atoms with Gasteiger partial charge in [-0.2, -0.15) is 0 Å². The summed E-state index contributed by atoms with van der Waals surface area (Å²) < 4.78 is 12.5. The molecule has 31 heavy (non-hydrogen) atoms. The summed E-state index contributed by atoms with van der Waals surface area (Å²) in [4.78, 5) is 13.8. The molecule has 0 saturated carbocycles. The highest BCUT2D eigenvalue weighted by atomic mass is 32.2. The summed E-state index contributed by atoms with van der Waals surface area (Å²) in [6, 6.07) is 7.39. The monoisotopic (exact) mass is 458 g/mol. The fourth-order valence-corrected chi connectivity index (χ4v) is 4.55. The molecule has 0 unspecified atom stereocenters. The second-order valence-corrected chi connectivity index (χ2v) is 8.89. The van der Waals surface area contributed by atoms with E-state index in [-0.39, 0.29) is 11.7 Å². The van der Waals surface area contributed by atoms with Crippen molar-refractivity contribution < 1.29 is 14.3 Å². The number of aromatic nitrogens is 3. The van der Waals surface area contributed by atoms with Crippen LogP contribution in [0.2, 0.25) is 0 Å². The summed E-state index contributed by atoms with van der Waals surface area (Å²) in [6.45, 7) is 8.74. The fraction of sp³-hybridized carbons (Fsp3) is 0.318. The first-order chi connectivity index (χ1) is 15.0. The van der Waals surface area contributed by atoms with Crippen molar-refractivity contribution in [3.8, 4) is 22.9 Å². The molecule has 1 aromatic carbocycles. The lowest BCUT2D eigenvalue weighted by Gasteiger charge is -2.11. The van der Waals surface area contributed by atoms with E-state index in [9.17, 15) is 4.79 Å². The maximum absolute atomic E-state index is 12.5. The number of ether oxygens (including phenoxy) is 2. The molecule has 2 aromatic heterocycles. The van der Waals surface area contributed by atoms with E-state index >= 15 is 0 Å². The van der Waals surface area contributed by atoms with Gasteiger partial charge in [0.1, 0.15) is 11.5 Å². The molecule has 0 aliphatic carbocycles. The van der Waals surface area contributed by atoms with Gasteiger partial charge in [-0.25, -0.2) is 0 Å². The number of carbonyl (C=O) groups excluding carboxylic acids is 1. The number of thiophene rings is 1. The van der Waals surface area contributed by atoms with Crippen LogP contribution in [0.25, 0.3) is 11.4 Å². The first-order valence-corrected chi connectivity index (χ1v) is 11.6. The van der Waals surface area contributed by atoms with Crippen LogP contribution in [0.3, 0.4) is 0 Å². The zero-order valence-corrected chi connectivity index (χ0v) is 19.7. The summed E-state index contributed by atoms with van der Waals surface area (Å²) in [6.07, 6.45) is 1.80. The number of anilines is 1. The smallest absolute Gasteiger partial charge is 0.234 e. The largest absolute Gasteiger partial charge is 0.497 e. The molecule has 0 aliphatic rings. The van der Waals surface area contributed by atoms with Crippen LogP contribution < -0.4 is 14.8 Å². The van der Waals surface area contributed by atoms with Gasteiger partial charge in [0, 0.05) is 28.4 Å². The molecule has 0 aliphatic heterocycles. The molecule has 0 atom stereocenters. The highest BCUT2D eigenvalue weighted by Crippen LogP contribution is 2.32. The quantitative estimate of drug-likeness (QED) is 0.338. The molecule has 2 heterocycles. The van der Waals surface area contributed by atoms with Gasteiger partial charge in [-0.1, -0.05) is 31.7 Å². The molecule has 0 spiro atoms. The van der Waals surface area contributed by atoms with Gasteiger partial charge in [0.15, 0.2) is 11.0 Å². The fourth-order valence-electron chi connectivity index (χ4n) is 2.89. The van der Waals surface area contributed by atoms with Gasteiger partial charge in [0.05, 0.1) is 25.7 Å². The topological polar surface area (TPSA) is 78.3 Å². The second kappa shape index (κ2) is 10.5. The molecule has 1 N–H and O–H groups in total. The molecular formula is C22H26N4O3S2. The molecule has 0 saturated heterocycles. The van der Waals surface area contributed by atoms with Gasteiger partial charge >= 0.3 is 0 Å². The predicted octanol–water partition coefficient (Wildman–Crippen LogP) is 5.06. The van der Waals surface area contributed by atoms with E-state index in [4.69, 9.17) is 9.47 Å². The Labute approximate surface area is 190 Å². The lowest BCUT2D eigenvalue weighted by Crippen LogP contribution is -2.15. The number of nitrogens with one attached hydrogen (secondary N) is 1. The van der Waals surface area contributed by atoms with Crippen LogP contribution in [-0.2, 0) is 11.3 Å². The van der Waals surface area contributed by atoms with Crippen molar-refractivity contribution in [1.29, 1.82) is 0 Å². The van der Waals surface area contributed by atoms with E-state index in [0.29, 0.717) is 34.8 Å². The first-order valence-electron chi connectivity index (χ1n) is 9.74. The number of nitrogens with zero attached hydrogens (tertiary/aromatic N) is 3. The van der Waals surface area contributed by atoms with Gasteiger partial charge in [-0.3, -0.25) is 9.36 Å². The Morgan fingerprint density at radius 2 is 2.10 bits per heavy atom. The lowest BCUT2D eigenvalue weighted by molar-refractivity contribution is -0.113. The summed E-state index contributed by atoms with van der Waals surface area (Å²) in [5.74, 6) is 2.45. The van der Waals surface area contributed by atoms with Crippen molar-refractivity contribution in [3.63, 3.8) is 0 Å². The van der Waals surface area contributed by atoms with Crippen LogP contribution in [0.5, 0.6) is 11.5 Å². The zero-order chi connectivity index (χ0) is 22.4. The van der Waals surface area contributed by atoms with Crippen molar-refractivity contribution in [2.45, 2.75) is 31.5 Å². The highest BCUT2D eigenvalue weighted by molar-refractivity contribution is 7.99. The Bertz CT molecular complexity index is 1060. The third-order valence-electron chi connectivity index (χ3n) is 4.49. The van der Waals surface area contributed by atoms with E-state index in [2.05, 4.69) is 47.4 Å². The van der Waals surface area contributed by atoms with E-state index in [1.807, 2.05) is 4.57 Å². The van der Waals surface area contributed by atoms with Gasteiger partial charge in [-0.15, -0.1) is 28.1 Å². The van der Waals surface area contributed by atoms with Crippen LogP contribution >= 0.6 is 23.1 Å². The summed E-state index contributed by atoms with van der Waals surface area (Å²) >= 11 is 3.05. The summed E-state index contributed by atoms with van der Waals surface area (Å²) in [5.41, 5.74) is 1.61. The van der Waals surface area contributed by atoms with Crippen molar-refractivity contribution >= 4 is 34.7 Å². The number of carbonyl (C=O) groups is 1. The maximum Gasteiger partial charge on any atom is 0.234 e. The number of allylic oxidation sites excluding steroid dienone is 1. The lowest BCUT2D eigenvalue weighted by atomic mass is 10.1. The molecule has 164 valence electrons. The molecule has 9 heteroatoms. The highest BCUT2D eigenvalue weighted by Gasteiger charge is 2.17. The third kappa shape index (κ3) is 5.48. The van der Waals surface area contributed by atoms with Crippen LogP contribution in [0, 0.1) is 0 Å². The van der Waals surface area contributed by atoms with Crippen LogP contribution in [0.4, 0.5) is 5.69 Å². The number of amides is 1. The van der Waals surface area contributed by atoms with Gasteiger partial charge in [-0.05, 0) is 24.1 Å².